The maximum atomic E-state index is 12.4. The Morgan fingerprint density at radius 3 is 2.84 bits per heavy atom. The van der Waals surface area contributed by atoms with E-state index in [1.165, 1.54) is 16.3 Å². The smallest absolute Gasteiger partial charge is 0.309 e. The van der Waals surface area contributed by atoms with Gasteiger partial charge in [-0.05, 0) is 19.4 Å². The van der Waals surface area contributed by atoms with Crippen molar-refractivity contribution in [2.24, 2.45) is 7.05 Å². The van der Waals surface area contributed by atoms with E-state index in [-0.39, 0.29) is 5.25 Å². The maximum Gasteiger partial charge on any atom is 0.329 e. The molecular formula is C18H20N4O2S. The van der Waals surface area contributed by atoms with Gasteiger partial charge in [-0.3, -0.25) is 14.3 Å². The summed E-state index contributed by atoms with van der Waals surface area (Å²) in [5, 5.41) is 0.819. The van der Waals surface area contributed by atoms with Gasteiger partial charge < -0.3 is 4.57 Å². The lowest BCUT2D eigenvalue weighted by molar-refractivity contribution is 0.726. The van der Waals surface area contributed by atoms with E-state index in [0.717, 1.165) is 11.1 Å². The number of imidazole rings is 1. The largest absolute Gasteiger partial charge is 0.329 e. The summed E-state index contributed by atoms with van der Waals surface area (Å²) in [7, 11) is 1.61. The lowest BCUT2D eigenvalue weighted by atomic mass is 10.1. The average Bonchev–Trinajstić information content (AvgIpc) is 2.91. The zero-order valence-electron chi connectivity index (χ0n) is 14.4. The van der Waals surface area contributed by atoms with Crippen molar-refractivity contribution in [3.63, 3.8) is 0 Å². The van der Waals surface area contributed by atoms with Crippen LogP contribution in [-0.4, -0.2) is 24.4 Å². The Bertz CT molecular complexity index is 1060. The number of nitrogens with zero attached hydrogens (tertiary/aromatic N) is 3. The van der Waals surface area contributed by atoms with Crippen molar-refractivity contribution in [3.05, 3.63) is 68.9 Å². The number of benzene rings is 1. The summed E-state index contributed by atoms with van der Waals surface area (Å²) in [5.41, 5.74) is 2.13. The third-order valence-corrected chi connectivity index (χ3v) is 5.11. The number of nitrogens with one attached hydrogen (secondary N) is 1. The minimum atomic E-state index is -0.467. The van der Waals surface area contributed by atoms with Crippen LogP contribution in [0.25, 0.3) is 11.2 Å². The summed E-state index contributed by atoms with van der Waals surface area (Å²) in [6.07, 6.45) is 1.82. The first kappa shape index (κ1) is 17.3. The van der Waals surface area contributed by atoms with E-state index >= 15 is 0 Å². The van der Waals surface area contributed by atoms with Crippen LogP contribution in [0, 0.1) is 6.92 Å². The first-order valence-electron chi connectivity index (χ1n) is 7.95. The second kappa shape index (κ2) is 6.76. The SMILES string of the molecule is C=C[C@@H](C)Sc1nc2c(c(=O)[nH]c(=O)n2C)n1Cc1cccc(C)c1. The molecule has 3 rings (SSSR count). The molecule has 0 fully saturated rings. The van der Waals surface area contributed by atoms with E-state index in [9.17, 15) is 9.59 Å². The summed E-state index contributed by atoms with van der Waals surface area (Å²) in [4.78, 5) is 31.3. The molecule has 6 nitrogen and oxygen atoms in total. The van der Waals surface area contributed by atoms with Gasteiger partial charge in [-0.25, -0.2) is 9.78 Å². The number of aryl methyl sites for hydroxylation is 2. The molecule has 25 heavy (non-hydrogen) atoms. The van der Waals surface area contributed by atoms with E-state index in [4.69, 9.17) is 0 Å². The maximum absolute atomic E-state index is 12.4. The highest BCUT2D eigenvalue weighted by Gasteiger charge is 2.19. The molecule has 0 saturated carbocycles. The first-order valence-corrected chi connectivity index (χ1v) is 8.83. The van der Waals surface area contributed by atoms with Gasteiger partial charge >= 0.3 is 5.69 Å². The zero-order valence-corrected chi connectivity index (χ0v) is 15.3. The third kappa shape index (κ3) is 3.32. The van der Waals surface area contributed by atoms with Gasteiger partial charge in [0.15, 0.2) is 16.3 Å². The molecule has 0 spiro atoms. The van der Waals surface area contributed by atoms with Crippen molar-refractivity contribution in [2.45, 2.75) is 30.8 Å². The van der Waals surface area contributed by atoms with E-state index in [1.54, 1.807) is 7.05 Å². The van der Waals surface area contributed by atoms with Gasteiger partial charge in [-0.15, -0.1) is 6.58 Å². The van der Waals surface area contributed by atoms with E-state index < -0.39 is 11.2 Å². The van der Waals surface area contributed by atoms with Crippen LogP contribution in [0.2, 0.25) is 0 Å². The number of H-pyrrole nitrogens is 1. The summed E-state index contributed by atoms with van der Waals surface area (Å²) in [5.74, 6) is 0. The van der Waals surface area contributed by atoms with Crippen LogP contribution in [0.5, 0.6) is 0 Å². The fourth-order valence-electron chi connectivity index (χ4n) is 2.66. The molecule has 0 aliphatic rings. The molecule has 0 aliphatic heterocycles. The second-order valence-electron chi connectivity index (χ2n) is 6.02. The van der Waals surface area contributed by atoms with Gasteiger partial charge in [0.25, 0.3) is 5.56 Å². The number of rotatable bonds is 5. The van der Waals surface area contributed by atoms with Gasteiger partial charge in [0.1, 0.15) is 0 Å². The Kier molecular flexibility index (Phi) is 4.67. The number of aromatic nitrogens is 4. The molecule has 0 radical (unpaired) electrons. The number of hydrogen-bond donors (Lipinski definition) is 1. The van der Waals surface area contributed by atoms with Crippen molar-refractivity contribution in [3.8, 4) is 0 Å². The van der Waals surface area contributed by atoms with Crippen LogP contribution >= 0.6 is 11.8 Å². The Morgan fingerprint density at radius 1 is 1.40 bits per heavy atom. The molecule has 1 aromatic carbocycles. The van der Waals surface area contributed by atoms with Crippen LogP contribution < -0.4 is 11.2 Å². The van der Waals surface area contributed by atoms with Gasteiger partial charge in [0, 0.05) is 12.3 Å². The molecule has 1 atom stereocenters. The molecule has 2 aromatic heterocycles. The van der Waals surface area contributed by atoms with Crippen LogP contribution in [0.15, 0.2) is 51.7 Å². The molecule has 1 N–H and O–H groups in total. The highest BCUT2D eigenvalue weighted by Crippen LogP contribution is 2.26. The molecule has 130 valence electrons. The third-order valence-electron chi connectivity index (χ3n) is 4.02. The van der Waals surface area contributed by atoms with E-state index in [0.29, 0.717) is 22.9 Å². The predicted octanol–water partition coefficient (Wildman–Crippen LogP) is 2.45. The van der Waals surface area contributed by atoms with Gasteiger partial charge in [-0.1, -0.05) is 47.7 Å². The monoisotopic (exact) mass is 356 g/mol. The topological polar surface area (TPSA) is 72.7 Å². The highest BCUT2D eigenvalue weighted by molar-refractivity contribution is 7.99. The van der Waals surface area contributed by atoms with Crippen molar-refractivity contribution in [2.75, 3.05) is 0 Å². The quantitative estimate of drug-likeness (QED) is 0.563. The van der Waals surface area contributed by atoms with Crippen LogP contribution in [-0.2, 0) is 13.6 Å². The van der Waals surface area contributed by atoms with Crippen LogP contribution in [0.3, 0.4) is 0 Å². The molecule has 2 heterocycles. The predicted molar refractivity (Wildman–Crippen MR) is 101 cm³/mol. The van der Waals surface area contributed by atoms with E-state index in [1.807, 2.05) is 42.7 Å². The minimum Gasteiger partial charge on any atom is -0.309 e. The Morgan fingerprint density at radius 2 is 2.16 bits per heavy atom. The van der Waals surface area contributed by atoms with Crippen molar-refractivity contribution in [1.82, 2.24) is 19.1 Å². The molecular weight excluding hydrogens is 336 g/mol. The van der Waals surface area contributed by atoms with Crippen molar-refractivity contribution >= 4 is 22.9 Å². The molecule has 0 unspecified atom stereocenters. The molecule has 0 aliphatic carbocycles. The zero-order chi connectivity index (χ0) is 18.1. The van der Waals surface area contributed by atoms with Crippen molar-refractivity contribution < 1.29 is 0 Å². The number of thioether (sulfide) groups is 1. The lowest BCUT2D eigenvalue weighted by Gasteiger charge is -2.11. The summed E-state index contributed by atoms with van der Waals surface area (Å²) >= 11 is 1.51. The molecule has 7 heteroatoms. The Hall–Kier alpha value is -2.54. The minimum absolute atomic E-state index is 0.129. The first-order chi connectivity index (χ1) is 11.9. The summed E-state index contributed by atoms with van der Waals surface area (Å²) < 4.78 is 3.24. The molecule has 0 saturated heterocycles. The highest BCUT2D eigenvalue weighted by atomic mass is 32.2. The molecule has 3 aromatic rings. The molecule has 0 bridgehead atoms. The molecule has 0 amide bonds. The number of fused-ring (bicyclic) bond motifs is 1. The second-order valence-corrected chi connectivity index (χ2v) is 7.36. The number of aromatic amines is 1. The van der Waals surface area contributed by atoms with Gasteiger partial charge in [-0.2, -0.15) is 0 Å². The summed E-state index contributed by atoms with van der Waals surface area (Å²) in [6, 6.07) is 8.11. The average molecular weight is 356 g/mol. The Balaban J connectivity index is 2.24. The fourth-order valence-corrected chi connectivity index (χ4v) is 3.51. The lowest BCUT2D eigenvalue weighted by Crippen LogP contribution is -2.29. The van der Waals surface area contributed by atoms with Crippen LogP contribution in [0.4, 0.5) is 0 Å². The van der Waals surface area contributed by atoms with E-state index in [2.05, 4.69) is 22.6 Å². The fraction of sp³-hybridized carbons (Fsp3) is 0.278. The standard InChI is InChI=1S/C18H20N4O2S/c1-5-12(3)25-18-19-15-14(16(23)20-17(24)21(15)4)22(18)10-13-8-6-7-11(2)9-13/h5-9,12H,1,10H2,2-4H3,(H,20,23,24)/t12-/m1/s1. The normalized spacial score (nSPS) is 12.4. The number of hydrogen-bond acceptors (Lipinski definition) is 4. The van der Waals surface area contributed by atoms with Crippen LogP contribution in [0.1, 0.15) is 18.1 Å². The van der Waals surface area contributed by atoms with Gasteiger partial charge in [0.05, 0.1) is 6.54 Å². The van der Waals surface area contributed by atoms with Gasteiger partial charge in [0.2, 0.25) is 0 Å². The van der Waals surface area contributed by atoms with Crippen molar-refractivity contribution in [1.29, 1.82) is 0 Å². The Labute approximate surface area is 149 Å². The summed E-state index contributed by atoms with van der Waals surface area (Å²) in [6.45, 7) is 8.35.